The third-order valence-electron chi connectivity index (χ3n) is 4.99. The molecule has 2 aromatic carbocycles. The second-order valence-corrected chi connectivity index (χ2v) is 6.42. The molecule has 0 bridgehead atoms. The zero-order valence-electron chi connectivity index (χ0n) is 13.0. The van der Waals surface area contributed by atoms with Crippen molar-refractivity contribution in [3.05, 3.63) is 48.5 Å². The summed E-state index contributed by atoms with van der Waals surface area (Å²) in [6.07, 6.45) is 3.85. The molecular weight excluding hydrogens is 282 g/mol. The first-order chi connectivity index (χ1) is 11.4. The van der Waals surface area contributed by atoms with E-state index in [1.54, 1.807) is 0 Å². The molecule has 0 amide bonds. The molecular formula is C20H19N3. The number of aromatic amines is 1. The zero-order valence-corrected chi connectivity index (χ0v) is 13.0. The first-order valence-electron chi connectivity index (χ1n) is 8.46. The van der Waals surface area contributed by atoms with E-state index in [-0.39, 0.29) is 0 Å². The molecule has 2 aromatic heterocycles. The fourth-order valence-electron chi connectivity index (χ4n) is 3.88. The van der Waals surface area contributed by atoms with Crippen LogP contribution < -0.4 is 4.90 Å². The van der Waals surface area contributed by atoms with Gasteiger partial charge in [-0.1, -0.05) is 36.4 Å². The number of rotatable bonds is 1. The van der Waals surface area contributed by atoms with Crippen LogP contribution in [-0.4, -0.2) is 23.1 Å². The van der Waals surface area contributed by atoms with Crippen molar-refractivity contribution in [1.82, 2.24) is 9.97 Å². The van der Waals surface area contributed by atoms with E-state index in [1.807, 2.05) is 0 Å². The van der Waals surface area contributed by atoms with Gasteiger partial charge in [-0.3, -0.25) is 0 Å². The first kappa shape index (κ1) is 12.9. The number of aromatic nitrogens is 2. The fourth-order valence-corrected chi connectivity index (χ4v) is 3.88. The normalized spacial score (nSPS) is 15.7. The minimum atomic E-state index is 1.09. The van der Waals surface area contributed by atoms with Crippen LogP contribution >= 0.6 is 0 Å². The molecule has 114 valence electrons. The summed E-state index contributed by atoms with van der Waals surface area (Å²) < 4.78 is 0. The number of nitrogens with one attached hydrogen (secondary N) is 1. The average molecular weight is 301 g/mol. The van der Waals surface area contributed by atoms with Gasteiger partial charge in [0.05, 0.1) is 11.0 Å². The van der Waals surface area contributed by atoms with Crippen molar-refractivity contribution >= 4 is 38.5 Å². The lowest BCUT2D eigenvalue weighted by molar-refractivity contribution is 0.575. The minimum absolute atomic E-state index is 1.09. The van der Waals surface area contributed by atoms with Gasteiger partial charge in [0.25, 0.3) is 0 Å². The van der Waals surface area contributed by atoms with Gasteiger partial charge in [0.15, 0.2) is 5.82 Å². The van der Waals surface area contributed by atoms with E-state index in [2.05, 4.69) is 58.4 Å². The van der Waals surface area contributed by atoms with Gasteiger partial charge in [0.2, 0.25) is 0 Å². The third kappa shape index (κ3) is 1.93. The Morgan fingerprint density at radius 2 is 1.57 bits per heavy atom. The predicted molar refractivity (Wildman–Crippen MR) is 97.2 cm³/mol. The summed E-state index contributed by atoms with van der Waals surface area (Å²) in [6, 6.07) is 17.1. The summed E-state index contributed by atoms with van der Waals surface area (Å²) in [7, 11) is 0. The summed E-state index contributed by atoms with van der Waals surface area (Å²) in [5.74, 6) is 1.12. The molecule has 1 N–H and O–H groups in total. The molecule has 4 aromatic rings. The monoisotopic (exact) mass is 301 g/mol. The van der Waals surface area contributed by atoms with Crippen LogP contribution in [0.2, 0.25) is 0 Å². The van der Waals surface area contributed by atoms with Crippen LogP contribution in [-0.2, 0) is 0 Å². The van der Waals surface area contributed by atoms with Gasteiger partial charge in [-0.15, -0.1) is 0 Å². The maximum atomic E-state index is 5.02. The summed E-state index contributed by atoms with van der Waals surface area (Å²) in [5.41, 5.74) is 3.47. The molecule has 0 unspecified atom stereocenters. The summed E-state index contributed by atoms with van der Waals surface area (Å²) in [4.78, 5) is 11.1. The number of hydrogen-bond donors (Lipinski definition) is 1. The summed E-state index contributed by atoms with van der Waals surface area (Å²) >= 11 is 0. The van der Waals surface area contributed by atoms with E-state index < -0.39 is 0 Å². The Bertz CT molecular complexity index is 1010. The zero-order chi connectivity index (χ0) is 15.2. The molecule has 0 spiro atoms. The molecule has 0 aliphatic carbocycles. The van der Waals surface area contributed by atoms with Gasteiger partial charge >= 0.3 is 0 Å². The van der Waals surface area contributed by atoms with Gasteiger partial charge < -0.3 is 9.88 Å². The number of H-pyrrole nitrogens is 1. The SMILES string of the molecule is c1ccc2c(c1)nc(N1CCCCC1)c1[nH]c3ccccc3c12. The Morgan fingerprint density at radius 1 is 0.826 bits per heavy atom. The largest absolute Gasteiger partial charge is 0.355 e. The number of nitrogens with zero attached hydrogens (tertiary/aromatic N) is 2. The molecule has 5 rings (SSSR count). The maximum absolute atomic E-state index is 5.02. The van der Waals surface area contributed by atoms with Gasteiger partial charge in [0, 0.05) is 34.8 Å². The van der Waals surface area contributed by atoms with Crippen molar-refractivity contribution in [3.63, 3.8) is 0 Å². The van der Waals surface area contributed by atoms with Crippen LogP contribution in [0, 0.1) is 0 Å². The quantitative estimate of drug-likeness (QED) is 0.544. The predicted octanol–water partition coefficient (Wildman–Crippen LogP) is 4.86. The fraction of sp³-hybridized carbons (Fsp3) is 0.250. The van der Waals surface area contributed by atoms with Crippen LogP contribution in [0.3, 0.4) is 0 Å². The van der Waals surface area contributed by atoms with Crippen molar-refractivity contribution in [2.45, 2.75) is 19.3 Å². The van der Waals surface area contributed by atoms with E-state index in [1.165, 1.54) is 46.5 Å². The molecule has 0 radical (unpaired) electrons. The van der Waals surface area contributed by atoms with Crippen LogP contribution in [0.1, 0.15) is 19.3 Å². The number of piperidine rings is 1. The first-order valence-corrected chi connectivity index (χ1v) is 8.46. The number of anilines is 1. The summed E-state index contributed by atoms with van der Waals surface area (Å²) in [5, 5.41) is 3.84. The molecule has 1 aliphatic heterocycles. The van der Waals surface area contributed by atoms with Crippen molar-refractivity contribution in [2.24, 2.45) is 0 Å². The molecule has 3 heteroatoms. The number of pyridine rings is 1. The minimum Gasteiger partial charge on any atom is -0.355 e. The summed E-state index contributed by atoms with van der Waals surface area (Å²) in [6.45, 7) is 2.21. The molecule has 23 heavy (non-hydrogen) atoms. The Hall–Kier alpha value is -2.55. The highest BCUT2D eigenvalue weighted by Gasteiger charge is 2.19. The lowest BCUT2D eigenvalue weighted by atomic mass is 10.1. The van der Waals surface area contributed by atoms with Crippen molar-refractivity contribution < 1.29 is 0 Å². The van der Waals surface area contributed by atoms with Crippen LogP contribution in [0.25, 0.3) is 32.7 Å². The van der Waals surface area contributed by atoms with Crippen LogP contribution in [0.4, 0.5) is 5.82 Å². The van der Waals surface area contributed by atoms with Crippen LogP contribution in [0.5, 0.6) is 0 Å². The highest BCUT2D eigenvalue weighted by atomic mass is 15.2. The highest BCUT2D eigenvalue weighted by molar-refractivity contribution is 6.22. The maximum Gasteiger partial charge on any atom is 0.153 e. The number of para-hydroxylation sites is 2. The average Bonchev–Trinajstić information content (AvgIpc) is 3.01. The number of fused-ring (bicyclic) bond motifs is 5. The van der Waals surface area contributed by atoms with E-state index in [9.17, 15) is 0 Å². The van der Waals surface area contributed by atoms with Gasteiger partial charge in [-0.05, 0) is 31.4 Å². The number of hydrogen-bond acceptors (Lipinski definition) is 2. The molecule has 1 saturated heterocycles. The van der Waals surface area contributed by atoms with Crippen molar-refractivity contribution in [3.8, 4) is 0 Å². The topological polar surface area (TPSA) is 31.9 Å². The Kier molecular flexibility index (Phi) is 2.80. The van der Waals surface area contributed by atoms with E-state index in [0.717, 1.165) is 24.4 Å². The Balaban J connectivity index is 1.92. The van der Waals surface area contributed by atoms with E-state index >= 15 is 0 Å². The molecule has 1 aliphatic rings. The van der Waals surface area contributed by atoms with Crippen molar-refractivity contribution in [2.75, 3.05) is 18.0 Å². The molecule has 0 atom stereocenters. The lowest BCUT2D eigenvalue weighted by Gasteiger charge is -2.28. The van der Waals surface area contributed by atoms with E-state index in [0.29, 0.717) is 0 Å². The molecule has 3 heterocycles. The second-order valence-electron chi connectivity index (χ2n) is 6.42. The van der Waals surface area contributed by atoms with Crippen LogP contribution in [0.15, 0.2) is 48.5 Å². The smallest absolute Gasteiger partial charge is 0.153 e. The van der Waals surface area contributed by atoms with Gasteiger partial charge in [-0.2, -0.15) is 0 Å². The Morgan fingerprint density at radius 3 is 2.43 bits per heavy atom. The highest BCUT2D eigenvalue weighted by Crippen LogP contribution is 2.36. The third-order valence-corrected chi connectivity index (χ3v) is 4.99. The molecule has 0 saturated carbocycles. The van der Waals surface area contributed by atoms with Gasteiger partial charge in [-0.25, -0.2) is 4.98 Å². The lowest BCUT2D eigenvalue weighted by Crippen LogP contribution is -2.30. The standard InChI is InChI=1S/C20H19N3/c1-6-12-23(13-7-1)20-19-18(14-8-2-4-10-16(14)21-19)15-9-3-5-11-17(15)22-20/h2-5,8-11,21H,1,6-7,12-13H2. The number of benzene rings is 2. The van der Waals surface area contributed by atoms with Crippen molar-refractivity contribution in [1.29, 1.82) is 0 Å². The van der Waals surface area contributed by atoms with E-state index in [4.69, 9.17) is 4.98 Å². The van der Waals surface area contributed by atoms with Gasteiger partial charge in [0.1, 0.15) is 0 Å². The molecule has 3 nitrogen and oxygen atoms in total. The second kappa shape index (κ2) is 4.98. The molecule has 1 fully saturated rings. The Labute approximate surface area is 134 Å².